The number of pyridine rings is 1. The number of nitrogens with zero attached hydrogens (tertiary/aromatic N) is 2. The van der Waals surface area contributed by atoms with Gasteiger partial charge in [-0.15, -0.1) is 0 Å². The minimum Gasteiger partial charge on any atom is -0.399 e. The molecule has 90 valence electrons. The molecule has 0 saturated carbocycles. The summed E-state index contributed by atoms with van der Waals surface area (Å²) >= 11 is 0. The van der Waals surface area contributed by atoms with Crippen LogP contribution >= 0.6 is 0 Å². The van der Waals surface area contributed by atoms with Crippen molar-refractivity contribution in [1.82, 2.24) is 4.98 Å². The van der Waals surface area contributed by atoms with Crippen LogP contribution in [0.3, 0.4) is 0 Å². The smallest absolute Gasteiger partial charge is 0.106 e. The second-order valence-electron chi connectivity index (χ2n) is 4.27. The molecule has 3 nitrogen and oxygen atoms in total. The SMILES string of the molecule is CO/N=C1\CCc2c1cccc2-c1ccccn1. The van der Waals surface area contributed by atoms with Crippen LogP contribution in [0.1, 0.15) is 17.5 Å². The Morgan fingerprint density at radius 2 is 1.94 bits per heavy atom. The Balaban J connectivity index is 2.13. The van der Waals surface area contributed by atoms with Gasteiger partial charge in [-0.05, 0) is 30.5 Å². The van der Waals surface area contributed by atoms with E-state index in [1.807, 2.05) is 24.4 Å². The van der Waals surface area contributed by atoms with E-state index in [4.69, 9.17) is 4.84 Å². The van der Waals surface area contributed by atoms with Crippen molar-refractivity contribution in [1.29, 1.82) is 0 Å². The fourth-order valence-electron chi connectivity index (χ4n) is 2.47. The lowest BCUT2D eigenvalue weighted by atomic mass is 10.0. The largest absolute Gasteiger partial charge is 0.399 e. The summed E-state index contributed by atoms with van der Waals surface area (Å²) in [6, 6.07) is 12.3. The average Bonchev–Trinajstić information content (AvgIpc) is 2.84. The third-order valence-electron chi connectivity index (χ3n) is 3.24. The van der Waals surface area contributed by atoms with Crippen molar-refractivity contribution in [3.8, 4) is 11.3 Å². The molecule has 0 aliphatic heterocycles. The zero-order valence-electron chi connectivity index (χ0n) is 10.3. The van der Waals surface area contributed by atoms with Crippen LogP contribution in [0, 0.1) is 0 Å². The predicted molar refractivity (Wildman–Crippen MR) is 71.5 cm³/mol. The topological polar surface area (TPSA) is 34.5 Å². The first-order valence-electron chi connectivity index (χ1n) is 6.04. The van der Waals surface area contributed by atoms with Gasteiger partial charge in [-0.2, -0.15) is 0 Å². The molecular weight excluding hydrogens is 224 g/mol. The Morgan fingerprint density at radius 1 is 1.06 bits per heavy atom. The Hall–Kier alpha value is -2.16. The molecule has 0 amide bonds. The zero-order valence-corrected chi connectivity index (χ0v) is 10.3. The summed E-state index contributed by atoms with van der Waals surface area (Å²) in [5, 5.41) is 4.10. The molecule has 0 spiro atoms. The lowest BCUT2D eigenvalue weighted by Gasteiger charge is -2.07. The van der Waals surface area contributed by atoms with E-state index < -0.39 is 0 Å². The molecule has 0 bridgehead atoms. The van der Waals surface area contributed by atoms with E-state index in [0.29, 0.717) is 0 Å². The Bertz CT molecular complexity index is 591. The van der Waals surface area contributed by atoms with E-state index in [2.05, 4.69) is 28.3 Å². The molecule has 2 aromatic rings. The van der Waals surface area contributed by atoms with Gasteiger partial charge in [0.2, 0.25) is 0 Å². The number of hydrogen-bond donors (Lipinski definition) is 0. The van der Waals surface area contributed by atoms with E-state index >= 15 is 0 Å². The lowest BCUT2D eigenvalue weighted by Crippen LogP contribution is -1.96. The Kier molecular flexibility index (Phi) is 2.81. The fourth-order valence-corrected chi connectivity index (χ4v) is 2.47. The molecule has 1 aromatic heterocycles. The first-order chi connectivity index (χ1) is 8.90. The zero-order chi connectivity index (χ0) is 12.4. The van der Waals surface area contributed by atoms with E-state index in [1.54, 1.807) is 7.11 Å². The molecule has 0 N–H and O–H groups in total. The van der Waals surface area contributed by atoms with E-state index in [9.17, 15) is 0 Å². The standard InChI is InChI=1S/C15H14N2O/c1-18-17-15-9-8-11-12(5-4-6-13(11)15)14-7-2-3-10-16-14/h2-7,10H,8-9H2,1H3/b17-15+. The monoisotopic (exact) mass is 238 g/mol. The minimum atomic E-state index is 0.938. The molecule has 0 unspecified atom stereocenters. The van der Waals surface area contributed by atoms with Crippen LogP contribution in [0.5, 0.6) is 0 Å². The average molecular weight is 238 g/mol. The fraction of sp³-hybridized carbons (Fsp3) is 0.200. The quantitative estimate of drug-likeness (QED) is 0.754. The summed E-state index contributed by atoms with van der Waals surface area (Å²) in [5.74, 6) is 0. The number of aromatic nitrogens is 1. The van der Waals surface area contributed by atoms with Gasteiger partial charge < -0.3 is 4.84 Å². The van der Waals surface area contributed by atoms with Crippen molar-refractivity contribution in [2.24, 2.45) is 5.16 Å². The molecule has 0 fully saturated rings. The second-order valence-corrected chi connectivity index (χ2v) is 4.27. The number of benzene rings is 1. The van der Waals surface area contributed by atoms with Gasteiger partial charge in [0.05, 0.1) is 11.4 Å². The third kappa shape index (κ3) is 1.78. The molecule has 1 aromatic carbocycles. The van der Waals surface area contributed by atoms with Gasteiger partial charge in [-0.25, -0.2) is 0 Å². The highest BCUT2D eigenvalue weighted by Gasteiger charge is 2.21. The molecule has 1 aliphatic rings. The van der Waals surface area contributed by atoms with Gasteiger partial charge in [0.15, 0.2) is 0 Å². The van der Waals surface area contributed by atoms with Crippen molar-refractivity contribution in [2.75, 3.05) is 7.11 Å². The Morgan fingerprint density at radius 3 is 2.72 bits per heavy atom. The highest BCUT2D eigenvalue weighted by atomic mass is 16.6. The van der Waals surface area contributed by atoms with Crippen LogP contribution in [0.4, 0.5) is 0 Å². The molecule has 0 saturated heterocycles. The first kappa shape index (κ1) is 11.0. The summed E-state index contributed by atoms with van der Waals surface area (Å²) in [4.78, 5) is 9.33. The molecule has 3 rings (SSSR count). The van der Waals surface area contributed by atoms with Crippen molar-refractivity contribution in [3.63, 3.8) is 0 Å². The molecule has 0 radical (unpaired) electrons. The third-order valence-corrected chi connectivity index (χ3v) is 3.24. The number of oxime groups is 1. The molecule has 0 atom stereocenters. The normalized spacial score (nSPS) is 15.7. The van der Waals surface area contributed by atoms with Crippen LogP contribution in [-0.2, 0) is 11.3 Å². The van der Waals surface area contributed by atoms with Gasteiger partial charge in [0, 0.05) is 17.3 Å². The van der Waals surface area contributed by atoms with Crippen LogP contribution in [0.2, 0.25) is 0 Å². The summed E-state index contributed by atoms with van der Waals surface area (Å²) in [5.41, 5.74) is 5.78. The molecule has 18 heavy (non-hydrogen) atoms. The van der Waals surface area contributed by atoms with Crippen molar-refractivity contribution >= 4 is 5.71 Å². The van der Waals surface area contributed by atoms with Crippen LogP contribution in [0.25, 0.3) is 11.3 Å². The van der Waals surface area contributed by atoms with Gasteiger partial charge in [0.25, 0.3) is 0 Å². The number of fused-ring (bicyclic) bond motifs is 1. The summed E-state index contributed by atoms with van der Waals surface area (Å²) in [6.45, 7) is 0. The van der Waals surface area contributed by atoms with E-state index in [-0.39, 0.29) is 0 Å². The van der Waals surface area contributed by atoms with E-state index in [1.165, 1.54) is 16.7 Å². The van der Waals surface area contributed by atoms with Crippen molar-refractivity contribution in [2.45, 2.75) is 12.8 Å². The van der Waals surface area contributed by atoms with Gasteiger partial charge in [-0.1, -0.05) is 29.4 Å². The second kappa shape index (κ2) is 4.61. The van der Waals surface area contributed by atoms with Crippen LogP contribution < -0.4 is 0 Å². The highest BCUT2D eigenvalue weighted by Crippen LogP contribution is 2.31. The van der Waals surface area contributed by atoms with Gasteiger partial charge in [-0.3, -0.25) is 4.98 Å². The maximum absolute atomic E-state index is 4.90. The van der Waals surface area contributed by atoms with Gasteiger partial charge >= 0.3 is 0 Å². The van der Waals surface area contributed by atoms with E-state index in [0.717, 1.165) is 24.2 Å². The van der Waals surface area contributed by atoms with Crippen LogP contribution in [-0.4, -0.2) is 17.8 Å². The lowest BCUT2D eigenvalue weighted by molar-refractivity contribution is 0.213. The molecule has 1 heterocycles. The highest BCUT2D eigenvalue weighted by molar-refractivity contribution is 6.05. The van der Waals surface area contributed by atoms with Crippen molar-refractivity contribution in [3.05, 3.63) is 53.7 Å². The summed E-state index contributed by atoms with van der Waals surface area (Å²) in [6.07, 6.45) is 3.77. The van der Waals surface area contributed by atoms with Crippen LogP contribution in [0.15, 0.2) is 47.8 Å². The number of hydrogen-bond acceptors (Lipinski definition) is 3. The summed E-state index contributed by atoms with van der Waals surface area (Å²) in [7, 11) is 1.59. The maximum Gasteiger partial charge on any atom is 0.106 e. The maximum atomic E-state index is 4.90. The van der Waals surface area contributed by atoms with Gasteiger partial charge in [0.1, 0.15) is 7.11 Å². The molecule has 3 heteroatoms. The molecule has 1 aliphatic carbocycles. The predicted octanol–water partition coefficient (Wildman–Crippen LogP) is 3.05. The Labute approximate surface area is 106 Å². The molecular formula is C15H14N2O. The van der Waals surface area contributed by atoms with Crippen molar-refractivity contribution < 1.29 is 4.84 Å². The number of rotatable bonds is 2. The minimum absolute atomic E-state index is 0.938. The first-order valence-corrected chi connectivity index (χ1v) is 6.04. The summed E-state index contributed by atoms with van der Waals surface area (Å²) < 4.78 is 0.